The second kappa shape index (κ2) is 8.03. The molecule has 5 rings (SSSR count). The number of phenols is 1. The van der Waals surface area contributed by atoms with E-state index < -0.39 is 12.2 Å². The average molecular weight is 431 g/mol. The number of nitrogens with zero attached hydrogens (tertiary/aromatic N) is 4. The van der Waals surface area contributed by atoms with Gasteiger partial charge in [-0.05, 0) is 68.0 Å². The number of phenolic OH excluding ortho intramolecular Hbond substituents is 1. The van der Waals surface area contributed by atoms with Gasteiger partial charge in [-0.2, -0.15) is 0 Å². The van der Waals surface area contributed by atoms with Crippen LogP contribution in [0.1, 0.15) is 37.2 Å². The first kappa shape index (κ1) is 20.1. The first-order valence-corrected chi connectivity index (χ1v) is 10.6. The number of rotatable bonds is 6. The standard InChI is InChI=1S/C22H24F3N5O/c23-16-9-14(13-5-6-13)10-18(31)20(16)21-17-4-2-8-30(17)22(28-27-21)26-15-3-1-7-29(11-15)12-19(24)25/h2,4,8-10,13,15,19,31H,1,3,5-7,11-12H2,(H,26,28)/t15-/m1/s1. The molecule has 0 spiro atoms. The van der Waals surface area contributed by atoms with Crippen LogP contribution in [0.25, 0.3) is 16.8 Å². The molecule has 0 unspecified atom stereocenters. The van der Waals surface area contributed by atoms with Crippen molar-refractivity contribution < 1.29 is 18.3 Å². The van der Waals surface area contributed by atoms with E-state index >= 15 is 0 Å². The molecule has 2 fully saturated rings. The highest BCUT2D eigenvalue weighted by Gasteiger charge is 2.28. The molecule has 164 valence electrons. The highest BCUT2D eigenvalue weighted by atomic mass is 19.3. The summed E-state index contributed by atoms with van der Waals surface area (Å²) in [5.41, 5.74) is 1.71. The highest BCUT2D eigenvalue weighted by Crippen LogP contribution is 2.44. The second-order valence-corrected chi connectivity index (χ2v) is 8.44. The van der Waals surface area contributed by atoms with Gasteiger partial charge in [0.2, 0.25) is 5.95 Å². The summed E-state index contributed by atoms with van der Waals surface area (Å²) in [4.78, 5) is 1.75. The number of fused-ring (bicyclic) bond motifs is 1. The van der Waals surface area contributed by atoms with Gasteiger partial charge in [0.25, 0.3) is 6.43 Å². The fourth-order valence-corrected chi connectivity index (χ4v) is 4.45. The lowest BCUT2D eigenvalue weighted by molar-refractivity contribution is 0.0761. The maximum atomic E-state index is 14.9. The van der Waals surface area contributed by atoms with Gasteiger partial charge in [-0.15, -0.1) is 10.2 Å². The van der Waals surface area contributed by atoms with Crippen LogP contribution in [0, 0.1) is 5.82 Å². The number of anilines is 1. The van der Waals surface area contributed by atoms with E-state index in [-0.39, 0.29) is 29.6 Å². The summed E-state index contributed by atoms with van der Waals surface area (Å²) in [6.07, 6.45) is 3.10. The Kier molecular flexibility index (Phi) is 5.21. The smallest absolute Gasteiger partial charge is 0.251 e. The van der Waals surface area contributed by atoms with E-state index in [1.54, 1.807) is 33.7 Å². The number of aromatic nitrogens is 3. The molecule has 2 N–H and O–H groups in total. The number of likely N-dealkylation sites (tertiary alicyclic amines) is 1. The Labute approximate surface area is 177 Å². The third-order valence-electron chi connectivity index (χ3n) is 6.08. The van der Waals surface area contributed by atoms with E-state index in [4.69, 9.17) is 0 Å². The van der Waals surface area contributed by atoms with E-state index in [1.807, 2.05) is 0 Å². The number of alkyl halides is 2. The van der Waals surface area contributed by atoms with Gasteiger partial charge < -0.3 is 10.4 Å². The van der Waals surface area contributed by atoms with Gasteiger partial charge in [-0.25, -0.2) is 13.2 Å². The first-order chi connectivity index (χ1) is 15.0. The molecule has 2 aliphatic rings. The topological polar surface area (TPSA) is 65.7 Å². The molecule has 1 aliphatic heterocycles. The second-order valence-electron chi connectivity index (χ2n) is 8.44. The van der Waals surface area contributed by atoms with Crippen molar-refractivity contribution in [2.24, 2.45) is 0 Å². The normalized spacial score (nSPS) is 19.9. The number of hydrogen-bond donors (Lipinski definition) is 2. The zero-order valence-corrected chi connectivity index (χ0v) is 16.9. The van der Waals surface area contributed by atoms with Crippen LogP contribution in [0.2, 0.25) is 0 Å². The van der Waals surface area contributed by atoms with Crippen LogP contribution >= 0.6 is 0 Å². The minimum Gasteiger partial charge on any atom is -0.507 e. The molecule has 3 aromatic rings. The van der Waals surface area contributed by atoms with Crippen molar-refractivity contribution in [3.05, 3.63) is 41.8 Å². The number of hydrogen-bond acceptors (Lipinski definition) is 5. The summed E-state index contributed by atoms with van der Waals surface area (Å²) in [6.45, 7) is 0.910. The fraction of sp³-hybridized carbons (Fsp3) is 0.455. The van der Waals surface area contributed by atoms with Crippen molar-refractivity contribution in [1.29, 1.82) is 0 Å². The van der Waals surface area contributed by atoms with Gasteiger partial charge in [0.15, 0.2) is 0 Å². The Hall–Kier alpha value is -2.81. The van der Waals surface area contributed by atoms with Crippen LogP contribution in [0.3, 0.4) is 0 Å². The molecule has 1 saturated heterocycles. The molecule has 1 aliphatic carbocycles. The number of aromatic hydroxyl groups is 1. The zero-order valence-electron chi connectivity index (χ0n) is 16.9. The van der Waals surface area contributed by atoms with E-state index in [1.165, 1.54) is 6.07 Å². The van der Waals surface area contributed by atoms with Gasteiger partial charge in [0.05, 0.1) is 17.6 Å². The molecule has 1 saturated carbocycles. The van der Waals surface area contributed by atoms with Crippen LogP contribution < -0.4 is 5.32 Å². The monoisotopic (exact) mass is 431 g/mol. The molecule has 0 bridgehead atoms. The van der Waals surface area contributed by atoms with Crippen molar-refractivity contribution in [3.63, 3.8) is 0 Å². The Bertz CT molecular complexity index is 1070. The summed E-state index contributed by atoms with van der Waals surface area (Å²) in [7, 11) is 0. The Balaban J connectivity index is 1.44. The maximum absolute atomic E-state index is 14.9. The molecule has 3 heterocycles. The summed E-state index contributed by atoms with van der Waals surface area (Å²) >= 11 is 0. The zero-order chi connectivity index (χ0) is 21.5. The lowest BCUT2D eigenvalue weighted by atomic mass is 10.0. The van der Waals surface area contributed by atoms with Crippen molar-refractivity contribution >= 4 is 11.5 Å². The van der Waals surface area contributed by atoms with Crippen LogP contribution in [0.15, 0.2) is 30.5 Å². The predicted molar refractivity (Wildman–Crippen MR) is 111 cm³/mol. The number of benzene rings is 1. The Morgan fingerprint density at radius 3 is 2.77 bits per heavy atom. The van der Waals surface area contributed by atoms with E-state index in [9.17, 15) is 18.3 Å². The molecule has 0 radical (unpaired) electrons. The summed E-state index contributed by atoms with van der Waals surface area (Å²) in [6, 6.07) is 6.63. The molecule has 1 atom stereocenters. The summed E-state index contributed by atoms with van der Waals surface area (Å²) in [5.74, 6) is 0.118. The lowest BCUT2D eigenvalue weighted by Crippen LogP contribution is -2.44. The van der Waals surface area contributed by atoms with E-state index in [2.05, 4.69) is 15.5 Å². The minimum atomic E-state index is -2.36. The minimum absolute atomic E-state index is 0.0351. The largest absolute Gasteiger partial charge is 0.507 e. The average Bonchev–Trinajstić information content (AvgIpc) is 3.45. The molecule has 31 heavy (non-hydrogen) atoms. The molecule has 1 aromatic carbocycles. The van der Waals surface area contributed by atoms with Gasteiger partial charge in [0.1, 0.15) is 17.3 Å². The summed E-state index contributed by atoms with van der Waals surface area (Å²) < 4.78 is 42.2. The molecule has 6 nitrogen and oxygen atoms in total. The number of halogens is 3. The van der Waals surface area contributed by atoms with Gasteiger partial charge in [-0.3, -0.25) is 9.30 Å². The molecule has 9 heteroatoms. The Morgan fingerprint density at radius 2 is 2.03 bits per heavy atom. The highest BCUT2D eigenvalue weighted by molar-refractivity contribution is 5.81. The SMILES string of the molecule is Oc1cc(C2CC2)cc(F)c1-c1nnc(N[C@@H]2CCCN(CC(F)F)C2)n2cccc12. The van der Waals surface area contributed by atoms with Gasteiger partial charge >= 0.3 is 0 Å². The Morgan fingerprint density at radius 1 is 1.19 bits per heavy atom. The summed E-state index contributed by atoms with van der Waals surface area (Å²) in [5, 5.41) is 22.3. The number of piperidine rings is 1. The number of nitrogens with one attached hydrogen (secondary N) is 1. The van der Waals surface area contributed by atoms with Crippen LogP contribution in [-0.4, -0.2) is 56.7 Å². The third-order valence-corrected chi connectivity index (χ3v) is 6.08. The fourth-order valence-electron chi connectivity index (χ4n) is 4.45. The van der Waals surface area contributed by atoms with Crippen LogP contribution in [0.5, 0.6) is 5.75 Å². The molecular weight excluding hydrogens is 407 g/mol. The van der Waals surface area contributed by atoms with Crippen molar-refractivity contribution in [3.8, 4) is 17.0 Å². The van der Waals surface area contributed by atoms with Gasteiger partial charge in [0, 0.05) is 18.8 Å². The van der Waals surface area contributed by atoms with Gasteiger partial charge in [-0.1, -0.05) is 0 Å². The quantitative estimate of drug-likeness (QED) is 0.611. The molecule has 2 aromatic heterocycles. The van der Waals surface area contributed by atoms with Crippen molar-refractivity contribution in [1.82, 2.24) is 19.5 Å². The van der Waals surface area contributed by atoms with E-state index in [0.29, 0.717) is 30.5 Å². The van der Waals surface area contributed by atoms with Crippen molar-refractivity contribution in [2.75, 3.05) is 25.0 Å². The molecular formula is C22H24F3N5O. The lowest BCUT2D eigenvalue weighted by Gasteiger charge is -2.33. The molecule has 0 amide bonds. The third kappa shape index (κ3) is 4.06. The van der Waals surface area contributed by atoms with Crippen LogP contribution in [0.4, 0.5) is 19.1 Å². The first-order valence-electron chi connectivity index (χ1n) is 10.6. The van der Waals surface area contributed by atoms with E-state index in [0.717, 1.165) is 31.2 Å². The maximum Gasteiger partial charge on any atom is 0.251 e. The van der Waals surface area contributed by atoms with Crippen molar-refractivity contribution in [2.45, 2.75) is 44.1 Å². The van der Waals surface area contributed by atoms with Crippen LogP contribution in [-0.2, 0) is 0 Å². The predicted octanol–water partition coefficient (Wildman–Crippen LogP) is 4.26.